The fraction of sp³-hybridized carbons (Fsp3) is 0.273. The third-order valence-corrected chi connectivity index (χ3v) is 6.90. The molecule has 6 N–H and O–H groups in total. The van der Waals surface area contributed by atoms with Gasteiger partial charge >= 0.3 is 17.9 Å². The van der Waals surface area contributed by atoms with Crippen LogP contribution in [0.25, 0.3) is 22.2 Å². The van der Waals surface area contributed by atoms with Crippen LogP contribution in [0, 0.1) is 0 Å². The van der Waals surface area contributed by atoms with E-state index < -0.39 is 36.4 Å². The molecule has 2 aromatic carbocycles. The molecule has 0 fully saturated rings. The number of amides is 1. The fourth-order valence-electron chi connectivity index (χ4n) is 4.52. The van der Waals surface area contributed by atoms with Crippen LogP contribution in [0.4, 0.5) is 17.3 Å². The number of carboxylic acids is 3. The number of likely N-dealkylation sites (N-methyl/N-ethyl adjacent to an activating group) is 1. The van der Waals surface area contributed by atoms with Gasteiger partial charge in [-0.2, -0.15) is 0 Å². The zero-order valence-electron chi connectivity index (χ0n) is 27.3. The van der Waals surface area contributed by atoms with Crippen molar-refractivity contribution in [3.8, 4) is 22.8 Å². The monoisotopic (exact) mass is 678 g/mol. The summed E-state index contributed by atoms with van der Waals surface area (Å²) in [5.41, 5.74) is 1.23. The molecule has 2 aromatic heterocycles. The molecule has 0 radical (unpaired) electrons. The van der Waals surface area contributed by atoms with Crippen LogP contribution in [0.5, 0.6) is 11.5 Å². The molecule has 2 heterocycles. The maximum atomic E-state index is 12.1. The van der Waals surface area contributed by atoms with E-state index in [0.717, 1.165) is 22.2 Å². The molecule has 49 heavy (non-hydrogen) atoms. The van der Waals surface area contributed by atoms with Crippen molar-refractivity contribution in [1.29, 1.82) is 0 Å². The molecule has 0 aliphatic heterocycles. The number of hydrogen-bond donors (Lipinski definition) is 6. The largest absolute Gasteiger partial charge is 0.494 e. The van der Waals surface area contributed by atoms with Crippen LogP contribution in [-0.2, 0) is 26.2 Å². The number of fused-ring (bicyclic) bond motifs is 1. The van der Waals surface area contributed by atoms with E-state index in [1.807, 2.05) is 44.2 Å². The number of carbonyl (C=O) groups is 4. The van der Waals surface area contributed by atoms with Crippen molar-refractivity contribution in [1.82, 2.24) is 19.4 Å². The zero-order valence-corrected chi connectivity index (χ0v) is 27.3. The maximum absolute atomic E-state index is 12.1. The molecule has 0 unspecified atom stereocenters. The van der Waals surface area contributed by atoms with Crippen LogP contribution in [0.3, 0.4) is 0 Å². The van der Waals surface area contributed by atoms with Gasteiger partial charge in [0.1, 0.15) is 18.1 Å². The molecular formula is C33H38N6O10. The van der Waals surface area contributed by atoms with E-state index in [4.69, 9.17) is 34.9 Å². The molecule has 0 aliphatic carbocycles. The molecule has 4 rings (SSSR count). The number of ether oxygens (including phenoxy) is 2. The minimum absolute atomic E-state index is 0.349. The van der Waals surface area contributed by atoms with Crippen LogP contribution < -0.4 is 20.1 Å². The van der Waals surface area contributed by atoms with E-state index in [-0.39, 0.29) is 5.91 Å². The summed E-state index contributed by atoms with van der Waals surface area (Å²) < 4.78 is 13.6. The van der Waals surface area contributed by atoms with Gasteiger partial charge in [0.2, 0.25) is 11.9 Å². The van der Waals surface area contributed by atoms with Crippen LogP contribution in [0.15, 0.2) is 67.5 Å². The van der Waals surface area contributed by atoms with Crippen molar-refractivity contribution in [3.63, 3.8) is 0 Å². The highest BCUT2D eigenvalue weighted by atomic mass is 16.5. The van der Waals surface area contributed by atoms with E-state index in [2.05, 4.69) is 45.1 Å². The van der Waals surface area contributed by atoms with Gasteiger partial charge < -0.3 is 50.0 Å². The van der Waals surface area contributed by atoms with E-state index in [9.17, 15) is 19.2 Å². The Morgan fingerprint density at radius 1 is 1.02 bits per heavy atom. The first-order chi connectivity index (χ1) is 23.2. The van der Waals surface area contributed by atoms with Gasteiger partial charge in [-0.25, -0.2) is 14.8 Å². The standard InChI is InChI=1S/C27H30N6O3.C6H8O7/c1-6-26(34)29-22-15-21(24(35-5)16-25(22)36-14-13-32(2)3)31-27-28-12-11-20(30-27)19-17-33(4)23-10-8-7-9-18(19)23;7-3(8)1-6(13,5(11)12)2-4(9)10/h6-12,15-17H,1,13-14H2,2-5H3,(H,29,34)(H,28,30,31);13H,1-2H2,(H,7,8)(H,9,10)(H,11,12). The average molecular weight is 679 g/mol. The maximum Gasteiger partial charge on any atom is 0.336 e. The van der Waals surface area contributed by atoms with Gasteiger partial charge in [-0.3, -0.25) is 14.4 Å². The second-order valence-corrected chi connectivity index (χ2v) is 10.9. The quantitative estimate of drug-likeness (QED) is 0.0994. The summed E-state index contributed by atoms with van der Waals surface area (Å²) in [4.78, 5) is 53.7. The first kappa shape index (κ1) is 37.5. The summed E-state index contributed by atoms with van der Waals surface area (Å²) in [5.74, 6) is -3.97. The van der Waals surface area contributed by atoms with Crippen molar-refractivity contribution in [2.75, 3.05) is 45.0 Å². The van der Waals surface area contributed by atoms with Gasteiger partial charge in [0.25, 0.3) is 0 Å². The molecule has 260 valence electrons. The van der Waals surface area contributed by atoms with Crippen molar-refractivity contribution in [3.05, 3.63) is 67.5 Å². The number of carboxylic acid groups (broad SMARTS) is 3. The number of methoxy groups -OCH3 is 1. The van der Waals surface area contributed by atoms with Gasteiger partial charge in [0.05, 0.1) is 37.0 Å². The second-order valence-electron chi connectivity index (χ2n) is 10.9. The van der Waals surface area contributed by atoms with Crippen LogP contribution in [0.1, 0.15) is 12.8 Å². The molecule has 4 aromatic rings. The summed E-state index contributed by atoms with van der Waals surface area (Å²) in [5, 5.41) is 40.9. The summed E-state index contributed by atoms with van der Waals surface area (Å²) in [6, 6.07) is 13.5. The number of aryl methyl sites for hydroxylation is 1. The Kier molecular flexibility index (Phi) is 12.8. The third-order valence-electron chi connectivity index (χ3n) is 6.90. The molecule has 16 heteroatoms. The molecule has 0 spiro atoms. The first-order valence-corrected chi connectivity index (χ1v) is 14.6. The lowest BCUT2D eigenvalue weighted by atomic mass is 9.96. The molecular weight excluding hydrogens is 640 g/mol. The summed E-state index contributed by atoms with van der Waals surface area (Å²) >= 11 is 0. The third kappa shape index (κ3) is 10.2. The normalized spacial score (nSPS) is 10.9. The molecule has 1 amide bonds. The Labute approximate surface area is 281 Å². The average Bonchev–Trinajstić information content (AvgIpc) is 3.37. The lowest BCUT2D eigenvalue weighted by Gasteiger charge is -2.18. The molecule has 16 nitrogen and oxygen atoms in total. The van der Waals surface area contributed by atoms with Gasteiger partial charge in [-0.1, -0.05) is 24.8 Å². The van der Waals surface area contributed by atoms with Crippen LogP contribution in [0.2, 0.25) is 0 Å². The number of hydrogen-bond acceptors (Lipinski definition) is 11. The highest BCUT2D eigenvalue weighted by Crippen LogP contribution is 2.38. The van der Waals surface area contributed by atoms with Gasteiger partial charge in [0, 0.05) is 48.5 Å². The molecule has 0 saturated heterocycles. The smallest absolute Gasteiger partial charge is 0.336 e. The fourth-order valence-corrected chi connectivity index (χ4v) is 4.52. The van der Waals surface area contributed by atoms with E-state index in [0.29, 0.717) is 42.0 Å². The van der Waals surface area contributed by atoms with E-state index >= 15 is 0 Å². The van der Waals surface area contributed by atoms with E-state index in [1.54, 1.807) is 25.4 Å². The Morgan fingerprint density at radius 3 is 2.29 bits per heavy atom. The number of carbonyl (C=O) groups excluding carboxylic acids is 1. The second kappa shape index (κ2) is 16.7. The number of nitrogens with zero attached hydrogens (tertiary/aromatic N) is 4. The minimum atomic E-state index is -2.74. The number of aliphatic carboxylic acids is 3. The summed E-state index contributed by atoms with van der Waals surface area (Å²) in [6.45, 7) is 4.69. The number of benzene rings is 2. The number of nitrogens with one attached hydrogen (secondary N) is 2. The molecule has 0 saturated carbocycles. The predicted molar refractivity (Wildman–Crippen MR) is 180 cm³/mol. The Balaban J connectivity index is 0.000000425. The van der Waals surface area contributed by atoms with Crippen molar-refractivity contribution >= 4 is 52.0 Å². The number of anilines is 3. The molecule has 0 aliphatic rings. The molecule has 0 atom stereocenters. The highest BCUT2D eigenvalue weighted by Gasteiger charge is 2.40. The first-order valence-electron chi connectivity index (χ1n) is 14.6. The Bertz CT molecular complexity index is 1820. The van der Waals surface area contributed by atoms with Crippen molar-refractivity contribution < 1.29 is 49.1 Å². The molecule has 0 bridgehead atoms. The number of aliphatic hydroxyl groups is 1. The SMILES string of the molecule is C=CC(=O)Nc1cc(Nc2nccc(-c3cn(C)c4ccccc34)n2)c(OC)cc1OCCN(C)C.O=C(O)CC(O)(CC(=O)O)C(=O)O. The van der Waals surface area contributed by atoms with Crippen molar-refractivity contribution in [2.45, 2.75) is 18.4 Å². The lowest BCUT2D eigenvalue weighted by Crippen LogP contribution is -2.42. The summed E-state index contributed by atoms with van der Waals surface area (Å²) in [7, 11) is 7.51. The number of aromatic nitrogens is 3. The Hall–Kier alpha value is -6.00. The Morgan fingerprint density at radius 2 is 1.69 bits per heavy atom. The van der Waals surface area contributed by atoms with Gasteiger partial charge in [-0.15, -0.1) is 0 Å². The zero-order chi connectivity index (χ0) is 36.3. The van der Waals surface area contributed by atoms with Crippen LogP contribution in [-0.4, -0.2) is 104 Å². The summed E-state index contributed by atoms with van der Waals surface area (Å²) in [6.07, 6.45) is 2.68. The lowest BCUT2D eigenvalue weighted by molar-refractivity contribution is -0.170. The topological polar surface area (TPSA) is 226 Å². The minimum Gasteiger partial charge on any atom is -0.494 e. The van der Waals surface area contributed by atoms with E-state index in [1.165, 1.54) is 6.08 Å². The predicted octanol–water partition coefficient (Wildman–Crippen LogP) is 3.20. The number of para-hydroxylation sites is 1. The van der Waals surface area contributed by atoms with Crippen molar-refractivity contribution in [2.24, 2.45) is 7.05 Å². The van der Waals surface area contributed by atoms with Crippen LogP contribution >= 0.6 is 0 Å². The number of rotatable bonds is 15. The van der Waals surface area contributed by atoms with Gasteiger partial charge in [-0.05, 0) is 38.4 Å². The van der Waals surface area contributed by atoms with Gasteiger partial charge in [0.15, 0.2) is 5.60 Å². The highest BCUT2D eigenvalue weighted by molar-refractivity contribution is 6.00.